The molecule has 0 aliphatic heterocycles. The fourth-order valence-corrected chi connectivity index (χ4v) is 3.32. The number of fused-ring (bicyclic) bond motifs is 1. The van der Waals surface area contributed by atoms with Crippen LogP contribution in [0.15, 0.2) is 66.9 Å². The van der Waals surface area contributed by atoms with E-state index >= 15 is 0 Å². The first-order chi connectivity index (χ1) is 15.6. The van der Waals surface area contributed by atoms with Gasteiger partial charge in [-0.15, -0.1) is 0 Å². The van der Waals surface area contributed by atoms with E-state index in [4.69, 9.17) is 4.74 Å². The third kappa shape index (κ3) is 4.51. The Kier molecular flexibility index (Phi) is 6.26. The first-order valence-corrected chi connectivity index (χ1v) is 10.6. The topological polar surface area (TPSA) is 86.1 Å². The second-order valence-electron chi connectivity index (χ2n) is 7.44. The highest BCUT2D eigenvalue weighted by atomic mass is 16.5. The molecular weight excluding hydrogens is 404 g/mol. The van der Waals surface area contributed by atoms with Crippen molar-refractivity contribution in [2.75, 3.05) is 11.9 Å². The van der Waals surface area contributed by atoms with Crippen LogP contribution in [0.3, 0.4) is 0 Å². The van der Waals surface area contributed by atoms with Gasteiger partial charge in [0, 0.05) is 11.1 Å². The van der Waals surface area contributed by atoms with E-state index in [0.717, 1.165) is 23.7 Å². The number of amides is 1. The van der Waals surface area contributed by atoms with Crippen LogP contribution in [0, 0.1) is 6.92 Å². The van der Waals surface area contributed by atoms with Crippen molar-refractivity contribution in [1.82, 2.24) is 14.8 Å². The zero-order chi connectivity index (χ0) is 22.5. The molecule has 0 aliphatic rings. The summed E-state index contributed by atoms with van der Waals surface area (Å²) in [4.78, 5) is 29.5. The van der Waals surface area contributed by atoms with Gasteiger partial charge in [-0.3, -0.25) is 4.79 Å². The van der Waals surface area contributed by atoms with Gasteiger partial charge < -0.3 is 10.1 Å². The largest absolute Gasteiger partial charge is 0.462 e. The predicted octanol–water partition coefficient (Wildman–Crippen LogP) is 4.94. The van der Waals surface area contributed by atoms with Gasteiger partial charge in [0.05, 0.1) is 35.1 Å². The van der Waals surface area contributed by atoms with Crippen molar-refractivity contribution in [1.29, 1.82) is 0 Å². The quantitative estimate of drug-likeness (QED) is 0.333. The molecule has 2 aromatic heterocycles. The summed E-state index contributed by atoms with van der Waals surface area (Å²) in [5, 5.41) is 8.25. The third-order valence-electron chi connectivity index (χ3n) is 5.16. The van der Waals surface area contributed by atoms with Gasteiger partial charge in [0.1, 0.15) is 0 Å². The van der Waals surface area contributed by atoms with Crippen molar-refractivity contribution >= 4 is 28.5 Å². The van der Waals surface area contributed by atoms with E-state index < -0.39 is 0 Å². The van der Waals surface area contributed by atoms with Crippen LogP contribution in [0.1, 0.15) is 46.2 Å². The first kappa shape index (κ1) is 21.2. The highest BCUT2D eigenvalue weighted by Crippen LogP contribution is 2.19. The maximum Gasteiger partial charge on any atom is 0.338 e. The molecule has 0 radical (unpaired) electrons. The summed E-state index contributed by atoms with van der Waals surface area (Å²) in [6.07, 6.45) is 3.33. The number of rotatable bonds is 7. The number of carbonyl (C=O) groups is 2. The summed E-state index contributed by atoms with van der Waals surface area (Å²) >= 11 is 0. The molecule has 7 heteroatoms. The molecule has 0 saturated heterocycles. The van der Waals surface area contributed by atoms with Crippen LogP contribution in [-0.2, 0) is 4.74 Å². The van der Waals surface area contributed by atoms with E-state index in [0.29, 0.717) is 34.9 Å². The number of nitrogens with zero attached hydrogens (tertiary/aromatic N) is 3. The van der Waals surface area contributed by atoms with Crippen molar-refractivity contribution in [2.45, 2.75) is 26.7 Å². The minimum Gasteiger partial charge on any atom is -0.462 e. The van der Waals surface area contributed by atoms with Crippen LogP contribution >= 0.6 is 0 Å². The zero-order valence-electron chi connectivity index (χ0n) is 18.0. The molecule has 7 nitrogen and oxygen atoms in total. The van der Waals surface area contributed by atoms with Crippen LogP contribution in [0.2, 0.25) is 0 Å². The molecule has 4 rings (SSSR count). The number of anilines is 1. The summed E-state index contributed by atoms with van der Waals surface area (Å²) < 4.78 is 6.85. The van der Waals surface area contributed by atoms with Gasteiger partial charge in [0.25, 0.3) is 5.91 Å². The molecule has 32 heavy (non-hydrogen) atoms. The summed E-state index contributed by atoms with van der Waals surface area (Å²) in [6, 6.07) is 18.3. The monoisotopic (exact) mass is 428 g/mol. The second kappa shape index (κ2) is 9.43. The molecule has 1 N–H and O–H groups in total. The fourth-order valence-electron chi connectivity index (χ4n) is 3.32. The molecular formula is C25H24N4O3. The molecule has 0 fully saturated rings. The normalized spacial score (nSPS) is 10.8. The van der Waals surface area contributed by atoms with Crippen molar-refractivity contribution in [3.8, 4) is 5.82 Å². The van der Waals surface area contributed by atoms with E-state index in [1.165, 1.54) is 6.20 Å². The SMILES string of the molecule is CCCCOC(=O)c1ccc(NC(=O)c2cnn(-c3ccc4ccccc4n3)c2C)cc1. The van der Waals surface area contributed by atoms with Crippen molar-refractivity contribution in [3.63, 3.8) is 0 Å². The van der Waals surface area contributed by atoms with Crippen LogP contribution in [0.5, 0.6) is 0 Å². The van der Waals surface area contributed by atoms with Crippen molar-refractivity contribution < 1.29 is 14.3 Å². The lowest BCUT2D eigenvalue weighted by Crippen LogP contribution is -2.13. The van der Waals surface area contributed by atoms with Gasteiger partial charge in [0.15, 0.2) is 5.82 Å². The summed E-state index contributed by atoms with van der Waals surface area (Å²) in [5.74, 6) is -0.00432. The Labute approximate surface area is 186 Å². The lowest BCUT2D eigenvalue weighted by molar-refractivity contribution is 0.0499. The number of esters is 1. The minimum atomic E-state index is -0.365. The highest BCUT2D eigenvalue weighted by Gasteiger charge is 2.16. The zero-order valence-corrected chi connectivity index (χ0v) is 18.0. The maximum atomic E-state index is 12.8. The lowest BCUT2D eigenvalue weighted by Gasteiger charge is -2.08. The number of ether oxygens (including phenoxy) is 1. The second-order valence-corrected chi connectivity index (χ2v) is 7.44. The first-order valence-electron chi connectivity index (χ1n) is 10.6. The number of hydrogen-bond donors (Lipinski definition) is 1. The summed E-state index contributed by atoms with van der Waals surface area (Å²) in [6.45, 7) is 4.27. The summed E-state index contributed by atoms with van der Waals surface area (Å²) in [5.41, 5.74) is 3.02. The molecule has 0 aliphatic carbocycles. The number of benzene rings is 2. The van der Waals surface area contributed by atoms with Gasteiger partial charge in [-0.2, -0.15) is 5.10 Å². The van der Waals surface area contributed by atoms with Crippen molar-refractivity contribution in [2.24, 2.45) is 0 Å². The Bertz CT molecular complexity index is 1260. The highest BCUT2D eigenvalue weighted by molar-refractivity contribution is 6.05. The molecule has 2 heterocycles. The van der Waals surface area contributed by atoms with Crippen LogP contribution in [0.25, 0.3) is 16.7 Å². The molecule has 0 spiro atoms. The van der Waals surface area contributed by atoms with E-state index in [9.17, 15) is 9.59 Å². The average Bonchev–Trinajstić information content (AvgIpc) is 3.20. The van der Waals surface area contributed by atoms with Crippen LogP contribution in [0.4, 0.5) is 5.69 Å². The van der Waals surface area contributed by atoms with Crippen LogP contribution in [-0.4, -0.2) is 33.2 Å². The molecule has 0 atom stereocenters. The number of pyridine rings is 1. The Hall–Kier alpha value is -4.00. The molecule has 4 aromatic rings. The molecule has 2 aromatic carbocycles. The Morgan fingerprint density at radius 1 is 1.03 bits per heavy atom. The molecule has 0 saturated carbocycles. The summed E-state index contributed by atoms with van der Waals surface area (Å²) in [7, 11) is 0. The Balaban J connectivity index is 1.47. The lowest BCUT2D eigenvalue weighted by atomic mass is 10.2. The fraction of sp³-hybridized carbons (Fsp3) is 0.200. The predicted molar refractivity (Wildman–Crippen MR) is 123 cm³/mol. The molecule has 0 unspecified atom stereocenters. The minimum absolute atomic E-state index is 0.284. The molecule has 162 valence electrons. The van der Waals surface area contributed by atoms with E-state index in [2.05, 4.69) is 15.4 Å². The van der Waals surface area contributed by atoms with Crippen LogP contribution < -0.4 is 5.32 Å². The van der Waals surface area contributed by atoms with E-state index in [1.54, 1.807) is 28.9 Å². The molecule has 1 amide bonds. The average molecular weight is 428 g/mol. The third-order valence-corrected chi connectivity index (χ3v) is 5.16. The van der Waals surface area contributed by atoms with Gasteiger partial charge >= 0.3 is 5.97 Å². The van der Waals surface area contributed by atoms with E-state index in [1.807, 2.05) is 50.2 Å². The molecule has 0 bridgehead atoms. The maximum absolute atomic E-state index is 12.8. The van der Waals surface area contributed by atoms with Gasteiger partial charge in [-0.25, -0.2) is 14.5 Å². The number of para-hydroxylation sites is 1. The van der Waals surface area contributed by atoms with Gasteiger partial charge in [-0.05, 0) is 55.8 Å². The van der Waals surface area contributed by atoms with Gasteiger partial charge in [0.2, 0.25) is 0 Å². The Morgan fingerprint density at radius 3 is 2.59 bits per heavy atom. The number of aromatic nitrogens is 3. The number of unbranched alkanes of at least 4 members (excludes halogenated alkanes) is 1. The van der Waals surface area contributed by atoms with Crippen molar-refractivity contribution in [3.05, 3.63) is 83.7 Å². The van der Waals surface area contributed by atoms with Gasteiger partial charge in [-0.1, -0.05) is 31.5 Å². The standard InChI is InChI=1S/C25H24N4O3/c1-3-4-15-32-25(31)19-9-12-20(13-10-19)27-24(30)21-16-26-29(17(21)2)23-14-11-18-7-5-6-8-22(18)28-23/h5-14,16H,3-4,15H2,1-2H3,(H,27,30). The number of carbonyl (C=O) groups excluding carboxylic acids is 2. The Morgan fingerprint density at radius 2 is 1.81 bits per heavy atom. The smallest absolute Gasteiger partial charge is 0.338 e. The van der Waals surface area contributed by atoms with E-state index in [-0.39, 0.29) is 11.9 Å². The number of nitrogens with one attached hydrogen (secondary N) is 1. The number of hydrogen-bond acceptors (Lipinski definition) is 5.